The molecule has 30 heavy (non-hydrogen) atoms. The number of methoxy groups -OCH3 is 2. The Labute approximate surface area is 177 Å². The maximum absolute atomic E-state index is 11.5. The molecule has 1 unspecified atom stereocenters. The summed E-state index contributed by atoms with van der Waals surface area (Å²) in [5.41, 5.74) is 7.16. The molecular weight excluding hydrogens is 376 g/mol. The van der Waals surface area contributed by atoms with Crippen LogP contribution in [-0.4, -0.2) is 31.7 Å². The third-order valence-corrected chi connectivity index (χ3v) is 5.97. The topological polar surface area (TPSA) is 63.3 Å². The maximum Gasteiger partial charge on any atom is 0.330 e. The minimum absolute atomic E-state index is 0.316. The average molecular weight is 405 g/mol. The standard InChI is InChI=1S/C25H28N2O3/c1-16(12-25(28)30-3)17-4-7-21-18(13-17)5-9-23(21)26-11-10-19-15-27-24-14-20(29-2)6-8-22(19)24/h4,6-8,12-15,23,26-27H,5,9-11H2,1-3H3. The highest BCUT2D eigenvalue weighted by molar-refractivity contribution is 5.90. The van der Waals surface area contributed by atoms with Gasteiger partial charge in [-0.15, -0.1) is 0 Å². The Morgan fingerprint density at radius 3 is 2.90 bits per heavy atom. The number of carbonyl (C=O) groups is 1. The number of hydrogen-bond acceptors (Lipinski definition) is 4. The van der Waals surface area contributed by atoms with Crippen molar-refractivity contribution in [2.45, 2.75) is 32.2 Å². The Morgan fingerprint density at radius 1 is 1.23 bits per heavy atom. The first-order chi connectivity index (χ1) is 14.6. The monoisotopic (exact) mass is 404 g/mol. The summed E-state index contributed by atoms with van der Waals surface area (Å²) in [5, 5.41) is 4.98. The lowest BCUT2D eigenvalue weighted by atomic mass is 10.00. The van der Waals surface area contributed by atoms with Crippen molar-refractivity contribution in [1.82, 2.24) is 10.3 Å². The van der Waals surface area contributed by atoms with Crippen molar-refractivity contribution in [3.05, 3.63) is 70.9 Å². The largest absolute Gasteiger partial charge is 0.497 e. The van der Waals surface area contributed by atoms with Crippen LogP contribution in [0.1, 0.15) is 41.6 Å². The van der Waals surface area contributed by atoms with E-state index in [1.165, 1.54) is 29.2 Å². The van der Waals surface area contributed by atoms with Gasteiger partial charge in [-0.3, -0.25) is 0 Å². The number of allylic oxidation sites excluding steroid dienone is 1. The van der Waals surface area contributed by atoms with E-state index in [1.807, 2.05) is 19.1 Å². The fraction of sp³-hybridized carbons (Fsp3) is 0.320. The highest BCUT2D eigenvalue weighted by Crippen LogP contribution is 2.33. The van der Waals surface area contributed by atoms with Gasteiger partial charge in [0, 0.05) is 35.3 Å². The van der Waals surface area contributed by atoms with E-state index in [-0.39, 0.29) is 5.97 Å². The summed E-state index contributed by atoms with van der Waals surface area (Å²) in [6.45, 7) is 2.87. The van der Waals surface area contributed by atoms with Crippen LogP contribution in [0.3, 0.4) is 0 Å². The third-order valence-electron chi connectivity index (χ3n) is 5.97. The molecule has 0 spiro atoms. The van der Waals surface area contributed by atoms with Crippen molar-refractivity contribution in [3.63, 3.8) is 0 Å². The Morgan fingerprint density at radius 2 is 2.10 bits per heavy atom. The molecule has 4 rings (SSSR count). The number of esters is 1. The summed E-state index contributed by atoms with van der Waals surface area (Å²) in [5.74, 6) is 0.552. The molecule has 0 radical (unpaired) electrons. The summed E-state index contributed by atoms with van der Waals surface area (Å²) in [6, 6.07) is 13.0. The van der Waals surface area contributed by atoms with Crippen LogP contribution >= 0.6 is 0 Å². The molecule has 156 valence electrons. The van der Waals surface area contributed by atoms with Crippen LogP contribution in [0.5, 0.6) is 5.75 Å². The minimum atomic E-state index is -0.316. The predicted octanol–water partition coefficient (Wildman–Crippen LogP) is 4.57. The fourth-order valence-electron chi connectivity index (χ4n) is 4.27. The molecule has 1 aliphatic rings. The van der Waals surface area contributed by atoms with Crippen molar-refractivity contribution in [2.75, 3.05) is 20.8 Å². The van der Waals surface area contributed by atoms with Crippen molar-refractivity contribution in [3.8, 4) is 5.75 Å². The van der Waals surface area contributed by atoms with Crippen molar-refractivity contribution in [2.24, 2.45) is 0 Å². The van der Waals surface area contributed by atoms with Crippen molar-refractivity contribution >= 4 is 22.4 Å². The highest BCUT2D eigenvalue weighted by Gasteiger charge is 2.22. The van der Waals surface area contributed by atoms with E-state index in [1.54, 1.807) is 13.2 Å². The van der Waals surface area contributed by atoms with E-state index in [4.69, 9.17) is 9.47 Å². The van der Waals surface area contributed by atoms with Gasteiger partial charge in [0.25, 0.3) is 0 Å². The molecule has 3 aromatic rings. The molecule has 0 fully saturated rings. The Kier molecular flexibility index (Phi) is 5.91. The number of nitrogens with one attached hydrogen (secondary N) is 2. The van der Waals surface area contributed by atoms with Crippen LogP contribution in [0.2, 0.25) is 0 Å². The maximum atomic E-state index is 11.5. The summed E-state index contributed by atoms with van der Waals surface area (Å²) < 4.78 is 10.0. The zero-order valence-corrected chi connectivity index (χ0v) is 17.7. The van der Waals surface area contributed by atoms with Crippen LogP contribution in [0.25, 0.3) is 16.5 Å². The molecule has 0 amide bonds. The number of aryl methyl sites for hydroxylation is 1. The summed E-state index contributed by atoms with van der Waals surface area (Å²) in [7, 11) is 3.09. The van der Waals surface area contributed by atoms with Crippen LogP contribution in [-0.2, 0) is 22.4 Å². The van der Waals surface area contributed by atoms with Gasteiger partial charge in [0.2, 0.25) is 0 Å². The molecule has 0 aliphatic heterocycles. The first-order valence-corrected chi connectivity index (χ1v) is 10.4. The van der Waals surface area contributed by atoms with Gasteiger partial charge >= 0.3 is 5.97 Å². The molecule has 0 saturated carbocycles. The SMILES string of the molecule is COC(=O)C=C(C)c1ccc2c(c1)CCC2NCCc1c[nH]c2cc(OC)ccc12. The molecular formula is C25H28N2O3. The zero-order valence-electron chi connectivity index (χ0n) is 17.7. The van der Waals surface area contributed by atoms with Crippen molar-refractivity contribution < 1.29 is 14.3 Å². The normalized spacial score (nSPS) is 16.0. The predicted molar refractivity (Wildman–Crippen MR) is 120 cm³/mol. The number of benzene rings is 2. The van der Waals surface area contributed by atoms with Gasteiger partial charge in [-0.05, 0) is 72.7 Å². The lowest BCUT2D eigenvalue weighted by Gasteiger charge is -2.14. The number of ether oxygens (including phenoxy) is 2. The van der Waals surface area contributed by atoms with Gasteiger partial charge in [-0.1, -0.05) is 18.2 Å². The van der Waals surface area contributed by atoms with Gasteiger partial charge < -0.3 is 19.8 Å². The number of aromatic amines is 1. The highest BCUT2D eigenvalue weighted by atomic mass is 16.5. The summed E-state index contributed by atoms with van der Waals surface area (Å²) >= 11 is 0. The molecule has 2 N–H and O–H groups in total. The second-order valence-corrected chi connectivity index (χ2v) is 7.78. The first-order valence-electron chi connectivity index (χ1n) is 10.4. The Hall–Kier alpha value is -3.05. The molecule has 0 bridgehead atoms. The molecule has 1 atom stereocenters. The molecule has 0 saturated heterocycles. The van der Waals surface area contributed by atoms with Gasteiger partial charge in [-0.2, -0.15) is 0 Å². The van der Waals surface area contributed by atoms with E-state index in [2.05, 4.69) is 40.8 Å². The lowest BCUT2D eigenvalue weighted by molar-refractivity contribution is -0.134. The van der Waals surface area contributed by atoms with Crippen LogP contribution in [0.15, 0.2) is 48.7 Å². The fourth-order valence-corrected chi connectivity index (χ4v) is 4.27. The summed E-state index contributed by atoms with van der Waals surface area (Å²) in [6.07, 6.45) is 6.76. The molecule has 5 nitrogen and oxygen atoms in total. The van der Waals surface area contributed by atoms with Gasteiger partial charge in [0.1, 0.15) is 5.75 Å². The van der Waals surface area contributed by atoms with Crippen LogP contribution in [0, 0.1) is 0 Å². The Balaban J connectivity index is 1.40. The zero-order chi connectivity index (χ0) is 21.1. The third kappa shape index (κ3) is 4.12. The van der Waals surface area contributed by atoms with Gasteiger partial charge in [-0.25, -0.2) is 4.79 Å². The number of fused-ring (bicyclic) bond motifs is 2. The molecule has 5 heteroatoms. The molecule has 1 aromatic heterocycles. The lowest BCUT2D eigenvalue weighted by Crippen LogP contribution is -2.21. The number of rotatable bonds is 7. The number of aromatic nitrogens is 1. The smallest absolute Gasteiger partial charge is 0.330 e. The van der Waals surface area contributed by atoms with E-state index in [9.17, 15) is 4.79 Å². The van der Waals surface area contributed by atoms with Crippen molar-refractivity contribution in [1.29, 1.82) is 0 Å². The van der Waals surface area contributed by atoms with E-state index in [0.717, 1.165) is 48.2 Å². The van der Waals surface area contributed by atoms with Gasteiger partial charge in [0.15, 0.2) is 0 Å². The second-order valence-electron chi connectivity index (χ2n) is 7.78. The average Bonchev–Trinajstić information content (AvgIpc) is 3.36. The number of H-pyrrole nitrogens is 1. The quantitative estimate of drug-likeness (QED) is 0.447. The van der Waals surface area contributed by atoms with E-state index < -0.39 is 0 Å². The second kappa shape index (κ2) is 8.76. The van der Waals surface area contributed by atoms with Crippen LogP contribution < -0.4 is 10.1 Å². The van der Waals surface area contributed by atoms with E-state index in [0.29, 0.717) is 6.04 Å². The summed E-state index contributed by atoms with van der Waals surface area (Å²) in [4.78, 5) is 14.8. The Bertz CT molecular complexity index is 1100. The molecule has 2 aromatic carbocycles. The molecule has 1 aliphatic carbocycles. The molecule has 1 heterocycles. The first kappa shape index (κ1) is 20.2. The number of carbonyl (C=O) groups excluding carboxylic acids is 1. The van der Waals surface area contributed by atoms with Gasteiger partial charge in [0.05, 0.1) is 14.2 Å². The van der Waals surface area contributed by atoms with E-state index >= 15 is 0 Å². The van der Waals surface area contributed by atoms with Crippen LogP contribution in [0.4, 0.5) is 0 Å². The minimum Gasteiger partial charge on any atom is -0.497 e. The number of hydrogen-bond donors (Lipinski definition) is 2.